The third-order valence-electron chi connectivity index (χ3n) is 4.56. The Bertz CT molecular complexity index is 884. The molecule has 1 heterocycles. The van der Waals surface area contributed by atoms with Crippen molar-refractivity contribution in [2.45, 2.75) is 6.54 Å². The predicted molar refractivity (Wildman–Crippen MR) is 109 cm³/mol. The number of hydrogen-bond acceptors (Lipinski definition) is 1. The first-order valence-electron chi connectivity index (χ1n) is 8.71. The summed E-state index contributed by atoms with van der Waals surface area (Å²) in [6.07, 6.45) is 4.44. The minimum atomic E-state index is 0.246. The van der Waals surface area contributed by atoms with E-state index in [1.165, 1.54) is 22.4 Å². The van der Waals surface area contributed by atoms with E-state index in [9.17, 15) is 0 Å². The van der Waals surface area contributed by atoms with E-state index in [1.807, 2.05) is 0 Å². The minimum absolute atomic E-state index is 0.246. The van der Waals surface area contributed by atoms with Gasteiger partial charge in [-0.15, -0.1) is 0 Å². The Balaban J connectivity index is 1.66. The molecule has 0 spiro atoms. The van der Waals surface area contributed by atoms with E-state index in [-0.39, 0.29) is 6.85 Å². The molecule has 0 saturated heterocycles. The average molecular weight is 321 g/mol. The Morgan fingerprint density at radius 2 is 1.44 bits per heavy atom. The Morgan fingerprint density at radius 1 is 0.760 bits per heavy atom. The van der Waals surface area contributed by atoms with Crippen LogP contribution in [0.4, 0.5) is 5.69 Å². The van der Waals surface area contributed by atoms with E-state index in [0.29, 0.717) is 0 Å². The summed E-state index contributed by atoms with van der Waals surface area (Å²) >= 11 is 0. The highest BCUT2D eigenvalue weighted by Gasteiger charge is 2.23. The smallest absolute Gasteiger partial charge is 0.308 e. The van der Waals surface area contributed by atoms with Gasteiger partial charge in [0.1, 0.15) is 0 Å². The molecular formula is C23H20BN. The first-order chi connectivity index (χ1) is 12.4. The number of fused-ring (bicyclic) bond motifs is 1. The Labute approximate surface area is 150 Å². The van der Waals surface area contributed by atoms with E-state index in [0.717, 1.165) is 6.54 Å². The summed E-state index contributed by atoms with van der Waals surface area (Å²) in [5.41, 5.74) is 5.12. The van der Waals surface area contributed by atoms with Crippen molar-refractivity contribution < 1.29 is 0 Å². The Morgan fingerprint density at radius 3 is 2.24 bits per heavy atom. The second-order valence-corrected chi connectivity index (χ2v) is 6.29. The van der Waals surface area contributed by atoms with Crippen molar-refractivity contribution in [3.8, 4) is 0 Å². The van der Waals surface area contributed by atoms with Crippen LogP contribution in [0.3, 0.4) is 0 Å². The second-order valence-electron chi connectivity index (χ2n) is 6.29. The summed E-state index contributed by atoms with van der Waals surface area (Å²) in [5, 5.41) is 0. The molecule has 2 heteroatoms. The van der Waals surface area contributed by atoms with Crippen LogP contribution in [0.2, 0.25) is 0 Å². The molecule has 0 radical (unpaired) electrons. The van der Waals surface area contributed by atoms with Gasteiger partial charge < -0.3 is 4.81 Å². The van der Waals surface area contributed by atoms with Crippen LogP contribution in [-0.4, -0.2) is 6.85 Å². The molecule has 1 aliphatic heterocycles. The van der Waals surface area contributed by atoms with Crippen LogP contribution in [0.1, 0.15) is 16.7 Å². The lowest BCUT2D eigenvalue weighted by Gasteiger charge is -2.33. The quantitative estimate of drug-likeness (QED) is 0.573. The van der Waals surface area contributed by atoms with Gasteiger partial charge in [0, 0.05) is 12.2 Å². The largest absolute Gasteiger partial charge is 0.403 e. The maximum atomic E-state index is 2.46. The third-order valence-corrected chi connectivity index (χ3v) is 4.56. The maximum Gasteiger partial charge on any atom is 0.308 e. The molecule has 0 saturated carbocycles. The van der Waals surface area contributed by atoms with Gasteiger partial charge in [-0.3, -0.25) is 0 Å². The van der Waals surface area contributed by atoms with Crippen molar-refractivity contribution in [1.82, 2.24) is 0 Å². The molecule has 120 valence electrons. The fraction of sp³-hybridized carbons (Fsp3) is 0.0435. The van der Waals surface area contributed by atoms with Crippen LogP contribution in [0.25, 0.3) is 12.2 Å². The second kappa shape index (κ2) is 7.27. The van der Waals surface area contributed by atoms with Gasteiger partial charge in [0.15, 0.2) is 0 Å². The van der Waals surface area contributed by atoms with Crippen LogP contribution in [0, 0.1) is 0 Å². The lowest BCUT2D eigenvalue weighted by atomic mass is 9.57. The van der Waals surface area contributed by atoms with Gasteiger partial charge in [0.2, 0.25) is 0 Å². The minimum Gasteiger partial charge on any atom is -0.403 e. The topological polar surface area (TPSA) is 3.24 Å². The molecule has 1 aliphatic rings. The molecule has 0 atom stereocenters. The number of anilines is 1. The van der Waals surface area contributed by atoms with Gasteiger partial charge in [-0.05, 0) is 22.8 Å². The van der Waals surface area contributed by atoms with Gasteiger partial charge >= 0.3 is 6.85 Å². The van der Waals surface area contributed by atoms with E-state index in [1.54, 1.807) is 0 Å². The number of benzene rings is 3. The summed E-state index contributed by atoms with van der Waals surface area (Å²) in [6, 6.07) is 29.8. The molecule has 25 heavy (non-hydrogen) atoms. The molecule has 1 nitrogen and oxygen atoms in total. The van der Waals surface area contributed by atoms with Crippen LogP contribution < -0.4 is 4.81 Å². The molecule has 4 rings (SSSR count). The lowest BCUT2D eigenvalue weighted by molar-refractivity contribution is 1.02. The van der Waals surface area contributed by atoms with Gasteiger partial charge in [0.25, 0.3) is 0 Å². The van der Waals surface area contributed by atoms with E-state index in [4.69, 9.17) is 0 Å². The van der Waals surface area contributed by atoms with Crippen molar-refractivity contribution in [3.05, 3.63) is 114 Å². The van der Waals surface area contributed by atoms with E-state index >= 15 is 0 Å². The summed E-state index contributed by atoms with van der Waals surface area (Å²) in [7, 11) is 0. The lowest BCUT2D eigenvalue weighted by Crippen LogP contribution is -2.38. The van der Waals surface area contributed by atoms with Crippen molar-refractivity contribution in [1.29, 1.82) is 0 Å². The normalized spacial score (nSPS) is 13.3. The summed E-state index contributed by atoms with van der Waals surface area (Å²) in [5.74, 6) is 4.56. The zero-order valence-electron chi connectivity index (χ0n) is 14.1. The molecule has 0 aliphatic carbocycles. The van der Waals surface area contributed by atoms with E-state index < -0.39 is 0 Å². The van der Waals surface area contributed by atoms with Gasteiger partial charge in [-0.1, -0.05) is 103 Å². The standard InChI is InChI=1S/C23H20BN/c1-3-9-20(10-4-1)15-17-24-18-16-22-13-7-8-14-23(22)25(24)19-21-11-5-2-6-12-21/h1-18H,19H2/b17-15+. The molecule has 0 bridgehead atoms. The monoisotopic (exact) mass is 321 g/mol. The fourth-order valence-corrected chi connectivity index (χ4v) is 3.27. The molecule has 0 N–H and O–H groups in total. The molecule has 0 amide bonds. The first kappa shape index (κ1) is 15.5. The number of para-hydroxylation sites is 1. The van der Waals surface area contributed by atoms with Gasteiger partial charge in [-0.25, -0.2) is 0 Å². The highest BCUT2D eigenvalue weighted by molar-refractivity contribution is 6.75. The van der Waals surface area contributed by atoms with Crippen LogP contribution in [-0.2, 0) is 6.54 Å². The van der Waals surface area contributed by atoms with Crippen molar-refractivity contribution >= 4 is 24.7 Å². The van der Waals surface area contributed by atoms with Crippen molar-refractivity contribution in [2.75, 3.05) is 4.81 Å². The molecule has 3 aromatic rings. The third kappa shape index (κ3) is 3.58. The van der Waals surface area contributed by atoms with Crippen LogP contribution in [0.15, 0.2) is 96.9 Å². The average Bonchev–Trinajstić information content (AvgIpc) is 2.69. The van der Waals surface area contributed by atoms with Crippen LogP contribution >= 0.6 is 0 Å². The van der Waals surface area contributed by atoms with Crippen molar-refractivity contribution in [3.63, 3.8) is 0 Å². The predicted octanol–water partition coefficient (Wildman–Crippen LogP) is 5.50. The number of rotatable bonds is 4. The first-order valence-corrected chi connectivity index (χ1v) is 8.71. The SMILES string of the molecule is C1=Cc2ccccc2N(Cc2ccccc2)B1/C=C/c1ccccc1. The maximum absolute atomic E-state index is 2.46. The number of hydrogen-bond donors (Lipinski definition) is 0. The summed E-state index contributed by atoms with van der Waals surface area (Å²) in [6.45, 7) is 1.14. The molecule has 0 unspecified atom stereocenters. The molecule has 0 aromatic heterocycles. The Kier molecular flexibility index (Phi) is 4.52. The molecular weight excluding hydrogens is 301 g/mol. The molecule has 3 aromatic carbocycles. The Hall–Kier alpha value is -3.00. The van der Waals surface area contributed by atoms with Gasteiger partial charge in [0.05, 0.1) is 0 Å². The zero-order valence-corrected chi connectivity index (χ0v) is 14.1. The van der Waals surface area contributed by atoms with E-state index in [2.05, 4.69) is 114 Å². The van der Waals surface area contributed by atoms with Crippen molar-refractivity contribution in [2.24, 2.45) is 0 Å². The van der Waals surface area contributed by atoms with Crippen LogP contribution in [0.5, 0.6) is 0 Å². The summed E-state index contributed by atoms with van der Waals surface area (Å²) in [4.78, 5) is 2.46. The highest BCUT2D eigenvalue weighted by Crippen LogP contribution is 2.29. The zero-order chi connectivity index (χ0) is 16.9. The van der Waals surface area contributed by atoms with Gasteiger partial charge in [-0.2, -0.15) is 0 Å². The summed E-state index contributed by atoms with van der Waals surface area (Å²) < 4.78 is 0. The highest BCUT2D eigenvalue weighted by atomic mass is 15.1. The number of nitrogens with zero attached hydrogens (tertiary/aromatic N) is 1. The molecule has 0 fully saturated rings. The fourth-order valence-electron chi connectivity index (χ4n) is 3.27.